The van der Waals surface area contributed by atoms with Crippen LogP contribution in [0, 0.1) is 0 Å². The molecule has 5 heteroatoms. The first-order valence-electron chi connectivity index (χ1n) is 5.98. The van der Waals surface area contributed by atoms with Gasteiger partial charge in [-0.3, -0.25) is 0 Å². The highest BCUT2D eigenvalue weighted by atomic mass is 28.4. The van der Waals surface area contributed by atoms with E-state index >= 15 is 0 Å². The van der Waals surface area contributed by atoms with Gasteiger partial charge < -0.3 is 18.0 Å². The lowest BCUT2D eigenvalue weighted by molar-refractivity contribution is 0.0940. The molecule has 0 atom stereocenters. The van der Waals surface area contributed by atoms with Crippen molar-refractivity contribution in [1.82, 2.24) is 0 Å². The maximum Gasteiger partial charge on any atom is 0.502 e. The average Bonchev–Trinajstić information content (AvgIpc) is 2.34. The molecule has 0 aliphatic carbocycles. The predicted octanol–water partition coefficient (Wildman–Crippen LogP) is 2.46. The first kappa shape index (κ1) is 16.1. The van der Waals surface area contributed by atoms with Crippen molar-refractivity contribution in [3.8, 4) is 0 Å². The van der Waals surface area contributed by atoms with Gasteiger partial charge in [-0.25, -0.2) is 0 Å². The Balaban J connectivity index is 3.48. The number of rotatable bonds is 11. The second kappa shape index (κ2) is 10.2. The topological polar surface area (TPSA) is 36.9 Å². The van der Waals surface area contributed by atoms with Crippen LogP contribution in [0.3, 0.4) is 0 Å². The van der Waals surface area contributed by atoms with Gasteiger partial charge in [0.25, 0.3) is 0 Å². The molecule has 0 rings (SSSR count). The van der Waals surface area contributed by atoms with E-state index in [9.17, 15) is 0 Å². The molecule has 0 radical (unpaired) electrons. The summed E-state index contributed by atoms with van der Waals surface area (Å²) >= 11 is 0. The van der Waals surface area contributed by atoms with Gasteiger partial charge in [0.15, 0.2) is 0 Å². The van der Waals surface area contributed by atoms with Crippen molar-refractivity contribution >= 4 is 8.80 Å². The van der Waals surface area contributed by atoms with E-state index in [-0.39, 0.29) is 0 Å². The summed E-state index contributed by atoms with van der Waals surface area (Å²) in [7, 11) is 2.46. The van der Waals surface area contributed by atoms with Gasteiger partial charge in [-0.1, -0.05) is 26.2 Å². The standard InChI is InChI=1S/C11H26O4Si/c1-5-6-7-8-9-15-10-11-16(12-2,13-3)14-4/h5-11H2,1-4H3. The Morgan fingerprint density at radius 1 is 0.812 bits per heavy atom. The second-order valence-electron chi connectivity index (χ2n) is 3.72. The number of hydrogen-bond donors (Lipinski definition) is 0. The van der Waals surface area contributed by atoms with Crippen LogP contribution in [-0.4, -0.2) is 43.3 Å². The molecular formula is C11H26O4Si. The molecule has 98 valence electrons. The summed E-state index contributed by atoms with van der Waals surface area (Å²) < 4.78 is 21.4. The van der Waals surface area contributed by atoms with Crippen LogP contribution in [0.25, 0.3) is 0 Å². The lowest BCUT2D eigenvalue weighted by Gasteiger charge is -2.24. The van der Waals surface area contributed by atoms with Crippen molar-refractivity contribution in [3.63, 3.8) is 0 Å². The van der Waals surface area contributed by atoms with Crippen molar-refractivity contribution in [2.45, 2.75) is 38.7 Å². The lowest BCUT2D eigenvalue weighted by Crippen LogP contribution is -2.43. The van der Waals surface area contributed by atoms with Crippen molar-refractivity contribution in [2.24, 2.45) is 0 Å². The van der Waals surface area contributed by atoms with Crippen LogP contribution in [-0.2, 0) is 18.0 Å². The normalized spacial score (nSPS) is 12.0. The van der Waals surface area contributed by atoms with Gasteiger partial charge in [-0.05, 0) is 6.42 Å². The van der Waals surface area contributed by atoms with E-state index in [1.807, 2.05) is 0 Å². The van der Waals surface area contributed by atoms with Crippen LogP contribution in [0.5, 0.6) is 0 Å². The molecule has 0 fully saturated rings. The molecule has 0 aromatic heterocycles. The first-order chi connectivity index (χ1) is 7.74. The molecule has 0 bridgehead atoms. The van der Waals surface area contributed by atoms with Gasteiger partial charge >= 0.3 is 8.80 Å². The van der Waals surface area contributed by atoms with Crippen molar-refractivity contribution in [1.29, 1.82) is 0 Å². The third-order valence-corrected chi connectivity index (χ3v) is 5.31. The van der Waals surface area contributed by atoms with Crippen molar-refractivity contribution in [2.75, 3.05) is 34.5 Å². The second-order valence-corrected chi connectivity index (χ2v) is 6.81. The summed E-state index contributed by atoms with van der Waals surface area (Å²) in [5, 5.41) is 0. The van der Waals surface area contributed by atoms with Crippen LogP contribution < -0.4 is 0 Å². The van der Waals surface area contributed by atoms with E-state index in [4.69, 9.17) is 18.0 Å². The van der Waals surface area contributed by atoms with Crippen molar-refractivity contribution < 1.29 is 18.0 Å². The number of hydrogen-bond acceptors (Lipinski definition) is 4. The average molecular weight is 250 g/mol. The van der Waals surface area contributed by atoms with E-state index in [2.05, 4.69) is 6.92 Å². The quantitative estimate of drug-likeness (QED) is 0.417. The molecule has 0 spiro atoms. The minimum Gasteiger partial charge on any atom is -0.381 e. The minimum absolute atomic E-state index is 0.647. The molecule has 0 amide bonds. The number of ether oxygens (including phenoxy) is 1. The zero-order chi connectivity index (χ0) is 12.3. The minimum atomic E-state index is -2.42. The lowest BCUT2D eigenvalue weighted by atomic mass is 10.2. The highest BCUT2D eigenvalue weighted by Gasteiger charge is 2.37. The molecule has 0 aromatic rings. The van der Waals surface area contributed by atoms with Crippen LogP contribution >= 0.6 is 0 Å². The molecule has 4 nitrogen and oxygen atoms in total. The molecule has 0 aliphatic heterocycles. The fraction of sp³-hybridized carbons (Fsp3) is 1.00. The number of unbranched alkanes of at least 4 members (excludes halogenated alkanes) is 3. The Morgan fingerprint density at radius 2 is 1.44 bits per heavy atom. The third-order valence-electron chi connectivity index (χ3n) is 2.63. The maximum absolute atomic E-state index is 5.54. The summed E-state index contributed by atoms with van der Waals surface area (Å²) in [6, 6.07) is 0.713. The van der Waals surface area contributed by atoms with Crippen LogP contribution in [0.1, 0.15) is 32.6 Å². The summed E-state index contributed by atoms with van der Waals surface area (Å²) in [6.07, 6.45) is 4.93. The molecule has 0 aromatic carbocycles. The summed E-state index contributed by atoms with van der Waals surface area (Å²) in [4.78, 5) is 0. The SMILES string of the molecule is CCCCCCOCC[Si](OC)(OC)OC. The highest BCUT2D eigenvalue weighted by molar-refractivity contribution is 6.60. The fourth-order valence-corrected chi connectivity index (χ4v) is 2.99. The molecule has 0 unspecified atom stereocenters. The van der Waals surface area contributed by atoms with E-state index in [1.165, 1.54) is 19.3 Å². The van der Waals surface area contributed by atoms with Crippen LogP contribution in [0.2, 0.25) is 6.04 Å². The van der Waals surface area contributed by atoms with Crippen LogP contribution in [0.15, 0.2) is 0 Å². The molecule has 0 aliphatic rings. The van der Waals surface area contributed by atoms with Gasteiger partial charge in [-0.15, -0.1) is 0 Å². The van der Waals surface area contributed by atoms with Crippen LogP contribution in [0.4, 0.5) is 0 Å². The molecular weight excluding hydrogens is 224 g/mol. The van der Waals surface area contributed by atoms with Gasteiger partial charge in [0.1, 0.15) is 0 Å². The Morgan fingerprint density at radius 3 is 1.94 bits per heavy atom. The summed E-state index contributed by atoms with van der Waals surface area (Å²) in [6.45, 7) is 3.67. The first-order valence-corrected chi connectivity index (χ1v) is 7.91. The zero-order valence-corrected chi connectivity index (χ0v) is 12.1. The fourth-order valence-electron chi connectivity index (χ4n) is 1.49. The maximum atomic E-state index is 5.54. The van der Waals surface area contributed by atoms with Gasteiger partial charge in [0.05, 0.1) is 6.61 Å². The predicted molar refractivity (Wildman–Crippen MR) is 66.5 cm³/mol. The van der Waals surface area contributed by atoms with Gasteiger partial charge in [-0.2, -0.15) is 0 Å². The van der Waals surface area contributed by atoms with E-state index in [0.717, 1.165) is 13.0 Å². The zero-order valence-electron chi connectivity index (χ0n) is 11.1. The Hall–Kier alpha value is 0.0569. The van der Waals surface area contributed by atoms with E-state index in [1.54, 1.807) is 21.3 Å². The Labute approximate surface area is 101 Å². The van der Waals surface area contributed by atoms with Gasteiger partial charge in [0, 0.05) is 34.0 Å². The molecule has 16 heavy (non-hydrogen) atoms. The Bertz CT molecular complexity index is 143. The monoisotopic (exact) mass is 250 g/mol. The van der Waals surface area contributed by atoms with Crippen molar-refractivity contribution in [3.05, 3.63) is 0 Å². The molecule has 0 saturated heterocycles. The largest absolute Gasteiger partial charge is 0.502 e. The Kier molecular flexibility index (Phi) is 10.3. The third kappa shape index (κ3) is 6.60. The highest BCUT2D eigenvalue weighted by Crippen LogP contribution is 2.12. The summed E-state index contributed by atoms with van der Waals surface area (Å²) in [5.41, 5.74) is 0. The van der Waals surface area contributed by atoms with E-state index < -0.39 is 8.80 Å². The van der Waals surface area contributed by atoms with E-state index in [0.29, 0.717) is 12.7 Å². The van der Waals surface area contributed by atoms with Gasteiger partial charge in [0.2, 0.25) is 0 Å². The smallest absolute Gasteiger partial charge is 0.381 e. The summed E-state index contributed by atoms with van der Waals surface area (Å²) in [5.74, 6) is 0. The molecule has 0 saturated carbocycles. The molecule has 0 heterocycles. The molecule has 0 N–H and O–H groups in total.